The van der Waals surface area contributed by atoms with Crippen LogP contribution in [0.3, 0.4) is 0 Å². The first-order valence-corrected chi connectivity index (χ1v) is 10.2. The molecule has 2 aromatic rings. The van der Waals surface area contributed by atoms with E-state index in [9.17, 15) is 9.59 Å². The number of H-pyrrole nitrogens is 1. The molecule has 2 aromatic heterocycles. The molecule has 2 atom stereocenters. The Hall–Kier alpha value is -2.90. The molecule has 8 nitrogen and oxygen atoms in total. The minimum atomic E-state index is -0.868. The fourth-order valence-electron chi connectivity index (χ4n) is 4.85. The molecule has 2 aliphatic heterocycles. The van der Waals surface area contributed by atoms with Gasteiger partial charge in [0.2, 0.25) is 0 Å². The van der Waals surface area contributed by atoms with Gasteiger partial charge in [0.25, 0.3) is 11.8 Å². The van der Waals surface area contributed by atoms with Crippen LogP contribution >= 0.6 is 0 Å². The number of nitrogens with zero attached hydrogens (tertiary/aromatic N) is 3. The number of pyridine rings is 1. The van der Waals surface area contributed by atoms with Crippen LogP contribution in [0.25, 0.3) is 0 Å². The maximum absolute atomic E-state index is 12.8. The Labute approximate surface area is 169 Å². The van der Waals surface area contributed by atoms with E-state index in [-0.39, 0.29) is 17.2 Å². The monoisotopic (exact) mass is 395 g/mol. The van der Waals surface area contributed by atoms with Crippen molar-refractivity contribution in [1.29, 1.82) is 0 Å². The zero-order chi connectivity index (χ0) is 20.1. The Kier molecular flexibility index (Phi) is 4.11. The molecular weight excluding hydrogens is 370 g/mol. The molecule has 3 aliphatic rings. The smallest absolute Gasteiger partial charge is 0.271 e. The van der Waals surface area contributed by atoms with E-state index in [1.807, 2.05) is 17.9 Å². The van der Waals surface area contributed by atoms with Crippen molar-refractivity contribution in [2.45, 2.75) is 38.2 Å². The van der Waals surface area contributed by atoms with Gasteiger partial charge in [-0.25, -0.2) is 0 Å². The number of hydrogen-bond acceptors (Lipinski definition) is 5. The van der Waals surface area contributed by atoms with Crippen molar-refractivity contribution in [2.75, 3.05) is 19.6 Å². The first kappa shape index (κ1) is 18.1. The van der Waals surface area contributed by atoms with Gasteiger partial charge in [-0.3, -0.25) is 19.7 Å². The van der Waals surface area contributed by atoms with E-state index in [4.69, 9.17) is 4.74 Å². The molecule has 2 unspecified atom stereocenters. The van der Waals surface area contributed by atoms with Crippen LogP contribution in [0.5, 0.6) is 5.75 Å². The predicted octanol–water partition coefficient (Wildman–Crippen LogP) is 1.56. The molecule has 152 valence electrons. The van der Waals surface area contributed by atoms with Crippen LogP contribution in [0.1, 0.15) is 42.2 Å². The van der Waals surface area contributed by atoms with E-state index in [0.717, 1.165) is 37.9 Å². The third-order valence-corrected chi connectivity index (χ3v) is 6.86. The molecule has 0 aromatic carbocycles. The van der Waals surface area contributed by atoms with Crippen molar-refractivity contribution in [3.8, 4) is 5.75 Å². The van der Waals surface area contributed by atoms with Crippen LogP contribution in [0, 0.1) is 11.3 Å². The Morgan fingerprint density at radius 2 is 2.14 bits per heavy atom. The number of nitrogens with one attached hydrogen (secondary N) is 2. The molecule has 4 heterocycles. The van der Waals surface area contributed by atoms with Gasteiger partial charge >= 0.3 is 0 Å². The highest BCUT2D eigenvalue weighted by Gasteiger charge is 2.55. The Balaban J connectivity index is 1.12. The highest BCUT2D eigenvalue weighted by atomic mass is 16.5. The van der Waals surface area contributed by atoms with Crippen LogP contribution in [0.2, 0.25) is 0 Å². The van der Waals surface area contributed by atoms with Gasteiger partial charge in [0, 0.05) is 44.0 Å². The molecule has 0 radical (unpaired) electrons. The number of amides is 2. The molecule has 2 fully saturated rings. The predicted molar refractivity (Wildman–Crippen MR) is 104 cm³/mol. The molecule has 2 N–H and O–H groups in total. The Morgan fingerprint density at radius 1 is 1.31 bits per heavy atom. The third kappa shape index (κ3) is 3.16. The minimum absolute atomic E-state index is 0.0169. The molecular formula is C21H25N5O3. The van der Waals surface area contributed by atoms with E-state index >= 15 is 0 Å². The van der Waals surface area contributed by atoms with Crippen molar-refractivity contribution in [3.63, 3.8) is 0 Å². The van der Waals surface area contributed by atoms with Gasteiger partial charge in [-0.15, -0.1) is 0 Å². The maximum Gasteiger partial charge on any atom is 0.271 e. The number of aromatic nitrogens is 3. The topological polar surface area (TPSA) is 100 Å². The number of carbonyl (C=O) groups excluding carboxylic acids is 2. The molecule has 2 amide bonds. The van der Waals surface area contributed by atoms with Gasteiger partial charge < -0.3 is 15.0 Å². The SMILES string of the molecule is CC1(C(=O)NCC2CC23CCN(C(=O)c2ccn[nH]2)CC3)Cc2ccncc2O1. The lowest BCUT2D eigenvalue weighted by atomic mass is 9.90. The summed E-state index contributed by atoms with van der Waals surface area (Å²) in [5.41, 5.74) is 0.965. The van der Waals surface area contributed by atoms with E-state index in [0.29, 0.717) is 30.3 Å². The molecule has 1 spiro atoms. The average Bonchev–Trinajstić information content (AvgIpc) is 3.09. The number of carbonyl (C=O) groups is 2. The summed E-state index contributed by atoms with van der Waals surface area (Å²) in [6, 6.07) is 3.62. The first-order valence-electron chi connectivity index (χ1n) is 10.2. The summed E-state index contributed by atoms with van der Waals surface area (Å²) >= 11 is 0. The number of likely N-dealkylation sites (tertiary alicyclic amines) is 1. The minimum Gasteiger partial charge on any atom is -0.475 e. The summed E-state index contributed by atoms with van der Waals surface area (Å²) in [4.78, 5) is 31.2. The van der Waals surface area contributed by atoms with E-state index in [2.05, 4.69) is 20.5 Å². The fourth-order valence-corrected chi connectivity index (χ4v) is 4.85. The van der Waals surface area contributed by atoms with Gasteiger partial charge in [0.1, 0.15) is 11.4 Å². The van der Waals surface area contributed by atoms with Crippen molar-refractivity contribution >= 4 is 11.8 Å². The van der Waals surface area contributed by atoms with Gasteiger partial charge in [0.05, 0.1) is 6.20 Å². The Morgan fingerprint density at radius 3 is 2.86 bits per heavy atom. The molecule has 1 saturated heterocycles. The molecule has 1 saturated carbocycles. The zero-order valence-electron chi connectivity index (χ0n) is 16.5. The number of aromatic amines is 1. The zero-order valence-corrected chi connectivity index (χ0v) is 16.5. The molecule has 29 heavy (non-hydrogen) atoms. The summed E-state index contributed by atoms with van der Waals surface area (Å²) in [7, 11) is 0. The van der Waals surface area contributed by atoms with E-state index in [1.54, 1.807) is 24.7 Å². The molecule has 5 rings (SSSR count). The average molecular weight is 395 g/mol. The van der Waals surface area contributed by atoms with E-state index in [1.165, 1.54) is 0 Å². The second-order valence-corrected chi connectivity index (χ2v) is 8.73. The number of fused-ring (bicyclic) bond motifs is 1. The van der Waals surface area contributed by atoms with Crippen LogP contribution in [0.15, 0.2) is 30.7 Å². The van der Waals surface area contributed by atoms with Gasteiger partial charge in [-0.1, -0.05) is 0 Å². The van der Waals surface area contributed by atoms with Crippen molar-refractivity contribution in [3.05, 3.63) is 42.0 Å². The largest absolute Gasteiger partial charge is 0.475 e. The lowest BCUT2D eigenvalue weighted by molar-refractivity contribution is -0.134. The Bertz CT molecular complexity index is 909. The molecule has 8 heteroatoms. The summed E-state index contributed by atoms with van der Waals surface area (Å²) in [5.74, 6) is 1.12. The van der Waals surface area contributed by atoms with Crippen LogP contribution in [0.4, 0.5) is 0 Å². The lowest BCUT2D eigenvalue weighted by Crippen LogP contribution is -2.49. The second kappa shape index (κ2) is 6.57. The van der Waals surface area contributed by atoms with Crippen LogP contribution in [-0.2, 0) is 11.2 Å². The first-order chi connectivity index (χ1) is 14.0. The summed E-state index contributed by atoms with van der Waals surface area (Å²) < 4.78 is 5.89. The van der Waals surface area contributed by atoms with E-state index < -0.39 is 5.60 Å². The van der Waals surface area contributed by atoms with Gasteiger partial charge in [-0.05, 0) is 49.7 Å². The summed E-state index contributed by atoms with van der Waals surface area (Å²) in [6.45, 7) is 4.02. The second-order valence-electron chi connectivity index (χ2n) is 8.73. The maximum atomic E-state index is 12.8. The van der Waals surface area contributed by atoms with Crippen molar-refractivity contribution < 1.29 is 14.3 Å². The lowest BCUT2D eigenvalue weighted by Gasteiger charge is -2.33. The number of piperidine rings is 1. The van der Waals surface area contributed by atoms with Gasteiger partial charge in [0.15, 0.2) is 5.60 Å². The highest BCUT2D eigenvalue weighted by Crippen LogP contribution is 2.59. The quantitative estimate of drug-likeness (QED) is 0.818. The summed E-state index contributed by atoms with van der Waals surface area (Å²) in [6.07, 6.45) is 8.64. The van der Waals surface area contributed by atoms with Gasteiger partial charge in [-0.2, -0.15) is 5.10 Å². The highest BCUT2D eigenvalue weighted by molar-refractivity contribution is 5.92. The summed E-state index contributed by atoms with van der Waals surface area (Å²) in [5, 5.41) is 9.71. The van der Waals surface area contributed by atoms with Crippen LogP contribution < -0.4 is 10.1 Å². The number of rotatable bonds is 4. The van der Waals surface area contributed by atoms with Crippen LogP contribution in [-0.4, -0.2) is 57.1 Å². The fraction of sp³-hybridized carbons (Fsp3) is 0.524. The van der Waals surface area contributed by atoms with Crippen molar-refractivity contribution in [1.82, 2.24) is 25.4 Å². The number of hydrogen-bond donors (Lipinski definition) is 2. The normalized spacial score (nSPS) is 26.7. The molecule has 1 aliphatic carbocycles. The standard InChI is InChI=1S/C21H25N5O3/c1-20(10-14-2-6-22-13-17(14)29-20)19(28)23-12-15-11-21(15)4-8-26(9-5-21)18(27)16-3-7-24-25-16/h2-3,6-7,13,15H,4-5,8-12H2,1H3,(H,23,28)(H,24,25). The van der Waals surface area contributed by atoms with Crippen molar-refractivity contribution in [2.24, 2.45) is 11.3 Å². The third-order valence-electron chi connectivity index (χ3n) is 6.86. The number of ether oxygens (including phenoxy) is 1. The molecule has 0 bridgehead atoms.